The van der Waals surface area contributed by atoms with Crippen LogP contribution < -0.4 is 4.90 Å². The molecule has 11 heteroatoms. The summed E-state index contributed by atoms with van der Waals surface area (Å²) in [4.78, 5) is 21.9. The van der Waals surface area contributed by atoms with Crippen molar-refractivity contribution in [2.24, 2.45) is 0 Å². The van der Waals surface area contributed by atoms with Gasteiger partial charge in [0, 0.05) is 31.2 Å². The van der Waals surface area contributed by atoms with E-state index in [1.54, 1.807) is 17.0 Å². The van der Waals surface area contributed by atoms with E-state index in [4.69, 9.17) is 39.5 Å². The first-order chi connectivity index (χ1) is 13.5. The molecule has 0 N–H and O–H groups in total. The lowest BCUT2D eigenvalue weighted by Crippen LogP contribution is -2.43. The number of thiophene rings is 1. The van der Waals surface area contributed by atoms with Crippen molar-refractivity contribution in [2.75, 3.05) is 44.3 Å². The number of rotatable bonds is 5. The zero-order chi connectivity index (χ0) is 19.7. The van der Waals surface area contributed by atoms with Crippen molar-refractivity contribution >= 4 is 91.1 Å². The zero-order valence-electron chi connectivity index (χ0n) is 15.1. The van der Waals surface area contributed by atoms with Crippen LogP contribution in [0.4, 0.5) is 5.13 Å². The monoisotopic (exact) mass is 511 g/mol. The molecular formula is C18H17Cl4N3O2S2. The Labute approximate surface area is 197 Å². The molecule has 1 saturated heterocycles. The van der Waals surface area contributed by atoms with Crippen LogP contribution >= 0.6 is 69.9 Å². The number of amides is 1. The fraction of sp³-hybridized carbons (Fsp3) is 0.333. The Morgan fingerprint density at radius 2 is 1.93 bits per heavy atom. The number of hydrogen-bond donors (Lipinski definition) is 0. The molecule has 0 atom stereocenters. The minimum Gasteiger partial charge on any atom is -0.379 e. The molecule has 156 valence electrons. The van der Waals surface area contributed by atoms with Gasteiger partial charge in [0.2, 0.25) is 0 Å². The molecule has 0 aliphatic carbocycles. The Morgan fingerprint density at radius 3 is 2.62 bits per heavy atom. The summed E-state index contributed by atoms with van der Waals surface area (Å²) in [6.07, 6.45) is 0. The van der Waals surface area contributed by atoms with E-state index in [2.05, 4.69) is 9.88 Å². The molecule has 1 aromatic carbocycles. The molecule has 2 aromatic heterocycles. The van der Waals surface area contributed by atoms with Crippen molar-refractivity contribution < 1.29 is 9.53 Å². The number of benzene rings is 1. The Hall–Kier alpha value is -0.640. The van der Waals surface area contributed by atoms with Crippen molar-refractivity contribution in [3.63, 3.8) is 0 Å². The van der Waals surface area contributed by atoms with Gasteiger partial charge in [0.1, 0.15) is 4.34 Å². The van der Waals surface area contributed by atoms with Gasteiger partial charge in [-0.1, -0.05) is 46.1 Å². The predicted molar refractivity (Wildman–Crippen MR) is 125 cm³/mol. The molecule has 1 fully saturated rings. The number of morpholine rings is 1. The molecule has 1 aliphatic heterocycles. The fourth-order valence-corrected chi connectivity index (χ4v) is 5.70. The van der Waals surface area contributed by atoms with Gasteiger partial charge >= 0.3 is 0 Å². The van der Waals surface area contributed by atoms with Gasteiger partial charge in [0.05, 0.1) is 33.3 Å². The van der Waals surface area contributed by atoms with Gasteiger partial charge in [-0.2, -0.15) is 0 Å². The quantitative estimate of drug-likeness (QED) is 0.438. The van der Waals surface area contributed by atoms with E-state index in [9.17, 15) is 4.79 Å². The van der Waals surface area contributed by atoms with Gasteiger partial charge in [0.25, 0.3) is 5.91 Å². The maximum atomic E-state index is 13.3. The molecule has 0 saturated carbocycles. The first kappa shape index (κ1) is 23.0. The van der Waals surface area contributed by atoms with E-state index in [1.807, 2.05) is 12.1 Å². The Morgan fingerprint density at radius 1 is 1.17 bits per heavy atom. The third kappa shape index (κ3) is 5.35. The molecule has 3 heterocycles. The second-order valence-electron chi connectivity index (χ2n) is 6.26. The highest BCUT2D eigenvalue weighted by Gasteiger charge is 2.25. The highest BCUT2D eigenvalue weighted by atomic mass is 35.5. The molecule has 0 spiro atoms. The largest absolute Gasteiger partial charge is 0.379 e. The molecule has 0 unspecified atom stereocenters. The average Bonchev–Trinajstić information content (AvgIpc) is 3.24. The van der Waals surface area contributed by atoms with Crippen molar-refractivity contribution in [3.8, 4) is 0 Å². The molecule has 0 bridgehead atoms. The number of halogens is 4. The smallest absolute Gasteiger partial charge is 0.262 e. The maximum Gasteiger partial charge on any atom is 0.262 e. The number of carbonyl (C=O) groups excluding carboxylic acids is 1. The number of nitrogens with zero attached hydrogens (tertiary/aromatic N) is 3. The van der Waals surface area contributed by atoms with Gasteiger partial charge in [-0.3, -0.25) is 14.6 Å². The van der Waals surface area contributed by atoms with Crippen molar-refractivity contribution in [1.29, 1.82) is 0 Å². The van der Waals surface area contributed by atoms with Crippen LogP contribution in [0.25, 0.3) is 10.2 Å². The lowest BCUT2D eigenvalue weighted by atomic mass is 10.3. The van der Waals surface area contributed by atoms with Gasteiger partial charge in [0.15, 0.2) is 5.13 Å². The highest BCUT2D eigenvalue weighted by Crippen LogP contribution is 2.35. The van der Waals surface area contributed by atoms with Crippen LogP contribution in [-0.2, 0) is 4.74 Å². The molecule has 1 amide bonds. The van der Waals surface area contributed by atoms with Crippen molar-refractivity contribution in [1.82, 2.24) is 9.88 Å². The summed E-state index contributed by atoms with van der Waals surface area (Å²) in [6, 6.07) is 7.12. The molecule has 29 heavy (non-hydrogen) atoms. The number of anilines is 1. The Kier molecular flexibility index (Phi) is 8.03. The van der Waals surface area contributed by atoms with Crippen molar-refractivity contribution in [2.45, 2.75) is 0 Å². The summed E-state index contributed by atoms with van der Waals surface area (Å²) in [5, 5.41) is 1.26. The maximum absolute atomic E-state index is 13.3. The number of aromatic nitrogens is 1. The van der Waals surface area contributed by atoms with Gasteiger partial charge < -0.3 is 4.74 Å². The summed E-state index contributed by atoms with van der Waals surface area (Å²) in [5.74, 6) is -0.202. The van der Waals surface area contributed by atoms with E-state index >= 15 is 0 Å². The number of ether oxygens (including phenoxy) is 1. The molecule has 1 aliphatic rings. The van der Waals surface area contributed by atoms with Crippen LogP contribution in [0.2, 0.25) is 13.7 Å². The Balaban J connectivity index is 0.00000240. The summed E-state index contributed by atoms with van der Waals surface area (Å²) in [5.41, 5.74) is 1.21. The molecule has 0 radical (unpaired) electrons. The lowest BCUT2D eigenvalue weighted by molar-refractivity contribution is 0.0391. The molecular weight excluding hydrogens is 496 g/mol. The van der Waals surface area contributed by atoms with E-state index in [0.29, 0.717) is 44.1 Å². The minimum absolute atomic E-state index is 0. The topological polar surface area (TPSA) is 45.7 Å². The Bertz CT molecular complexity index is 1000. The summed E-state index contributed by atoms with van der Waals surface area (Å²) in [6.45, 7) is 4.33. The molecule has 3 aromatic rings. The number of fused-ring (bicyclic) bond motifs is 1. The van der Waals surface area contributed by atoms with E-state index in [-0.39, 0.29) is 18.3 Å². The second kappa shape index (κ2) is 10.1. The van der Waals surface area contributed by atoms with Crippen LogP contribution in [0.1, 0.15) is 10.4 Å². The standard InChI is InChI=1S/C18H16Cl3N3O2S2.ClH/c19-11-1-2-13-14(9-11)27-18(22-13)24(4-3-23-5-7-26-8-6-23)17(25)12-10-15(20)28-16(12)21;/h1-2,9-10H,3-8H2;1H. The number of thiazole rings is 1. The van der Waals surface area contributed by atoms with Crippen LogP contribution in [0.15, 0.2) is 24.3 Å². The summed E-state index contributed by atoms with van der Waals surface area (Å²) >= 11 is 21.0. The van der Waals surface area contributed by atoms with Crippen molar-refractivity contribution in [3.05, 3.63) is 43.5 Å². The fourth-order valence-electron chi connectivity index (χ4n) is 2.98. The molecule has 4 rings (SSSR count). The van der Waals surface area contributed by atoms with Gasteiger partial charge in [-0.25, -0.2) is 4.98 Å². The second-order valence-corrected chi connectivity index (χ2v) is 9.99. The zero-order valence-corrected chi connectivity index (χ0v) is 19.8. The van der Waals surface area contributed by atoms with E-state index < -0.39 is 0 Å². The van der Waals surface area contributed by atoms with Crippen LogP contribution in [0, 0.1) is 0 Å². The van der Waals surface area contributed by atoms with E-state index in [0.717, 1.165) is 29.9 Å². The van der Waals surface area contributed by atoms with Gasteiger partial charge in [-0.15, -0.1) is 23.7 Å². The van der Waals surface area contributed by atoms with Crippen LogP contribution in [-0.4, -0.2) is 55.2 Å². The third-order valence-electron chi connectivity index (χ3n) is 4.45. The SMILES string of the molecule is Cl.O=C(c1cc(Cl)sc1Cl)N(CCN1CCOCC1)c1nc2ccc(Cl)cc2s1. The summed E-state index contributed by atoms with van der Waals surface area (Å²) < 4.78 is 7.20. The highest BCUT2D eigenvalue weighted by molar-refractivity contribution is 7.22. The van der Waals surface area contributed by atoms with E-state index in [1.165, 1.54) is 22.7 Å². The normalized spacial score (nSPS) is 14.7. The first-order valence-electron chi connectivity index (χ1n) is 8.64. The minimum atomic E-state index is -0.202. The summed E-state index contributed by atoms with van der Waals surface area (Å²) in [7, 11) is 0. The number of carbonyl (C=O) groups is 1. The predicted octanol–water partition coefficient (Wildman–Crippen LogP) is 5.72. The average molecular weight is 513 g/mol. The first-order valence-corrected chi connectivity index (χ1v) is 11.4. The number of hydrogen-bond acceptors (Lipinski definition) is 6. The lowest BCUT2D eigenvalue weighted by Gasteiger charge is -2.29. The third-order valence-corrected chi connectivity index (χ3v) is 7.21. The van der Waals surface area contributed by atoms with Gasteiger partial charge in [-0.05, 0) is 24.3 Å². The van der Waals surface area contributed by atoms with Crippen LogP contribution in [0.5, 0.6) is 0 Å². The molecule has 5 nitrogen and oxygen atoms in total. The van der Waals surface area contributed by atoms with Crippen LogP contribution in [0.3, 0.4) is 0 Å².